The van der Waals surface area contributed by atoms with Crippen molar-refractivity contribution in [1.82, 2.24) is 5.32 Å². The van der Waals surface area contributed by atoms with Crippen LogP contribution in [0.15, 0.2) is 30.3 Å². The Hall–Kier alpha value is -0.860. The predicted molar refractivity (Wildman–Crippen MR) is 80.2 cm³/mol. The molecule has 2 rings (SSSR count). The van der Waals surface area contributed by atoms with E-state index in [1.165, 1.54) is 31.2 Å². The lowest BCUT2D eigenvalue weighted by atomic mass is 9.80. The molecule has 1 fully saturated rings. The highest BCUT2D eigenvalue weighted by Crippen LogP contribution is 2.29. The van der Waals surface area contributed by atoms with Crippen LogP contribution in [0.3, 0.4) is 0 Å². The number of nitrogens with one attached hydrogen (secondary N) is 1. The normalized spacial score (nSPS) is 25.2. The summed E-state index contributed by atoms with van der Waals surface area (Å²) in [5.74, 6) is 1.69. The second kappa shape index (κ2) is 7.66. The summed E-state index contributed by atoms with van der Waals surface area (Å²) in [7, 11) is 1.78. The van der Waals surface area contributed by atoms with E-state index in [2.05, 4.69) is 42.6 Å². The standard InChI is InChI=1S/C17H27NO/c1-14-8-6-7-11-16(14)12-18-17(13-19-2)15-9-4-3-5-10-15/h3-5,9-10,14,16-18H,6-8,11-13H2,1-2H3. The summed E-state index contributed by atoms with van der Waals surface area (Å²) >= 11 is 0. The van der Waals surface area contributed by atoms with Crippen LogP contribution < -0.4 is 5.32 Å². The molecule has 19 heavy (non-hydrogen) atoms. The number of benzene rings is 1. The van der Waals surface area contributed by atoms with Crippen molar-refractivity contribution in [2.75, 3.05) is 20.3 Å². The molecule has 0 spiro atoms. The summed E-state index contributed by atoms with van der Waals surface area (Å²) in [5, 5.41) is 3.71. The Labute approximate surface area is 117 Å². The van der Waals surface area contributed by atoms with Crippen molar-refractivity contribution in [3.8, 4) is 0 Å². The Balaban J connectivity index is 1.90. The Kier molecular flexibility index (Phi) is 5.87. The topological polar surface area (TPSA) is 21.3 Å². The maximum atomic E-state index is 5.36. The fourth-order valence-electron chi connectivity index (χ4n) is 3.11. The fraction of sp³-hybridized carbons (Fsp3) is 0.647. The molecule has 2 nitrogen and oxygen atoms in total. The maximum absolute atomic E-state index is 5.36. The van der Waals surface area contributed by atoms with Crippen LogP contribution in [0.4, 0.5) is 0 Å². The van der Waals surface area contributed by atoms with Gasteiger partial charge in [0.2, 0.25) is 0 Å². The zero-order valence-electron chi connectivity index (χ0n) is 12.3. The molecule has 2 heteroatoms. The highest BCUT2D eigenvalue weighted by Gasteiger charge is 2.22. The number of ether oxygens (including phenoxy) is 1. The highest BCUT2D eigenvalue weighted by molar-refractivity contribution is 5.18. The lowest BCUT2D eigenvalue weighted by molar-refractivity contribution is 0.157. The average Bonchev–Trinajstić information content (AvgIpc) is 2.46. The molecule has 1 saturated carbocycles. The quantitative estimate of drug-likeness (QED) is 0.841. The van der Waals surface area contributed by atoms with Crippen molar-refractivity contribution >= 4 is 0 Å². The molecule has 3 atom stereocenters. The largest absolute Gasteiger partial charge is 0.383 e. The first-order valence-corrected chi connectivity index (χ1v) is 7.58. The van der Waals surface area contributed by atoms with Gasteiger partial charge in [0.05, 0.1) is 12.6 Å². The molecule has 1 aromatic carbocycles. The summed E-state index contributed by atoms with van der Waals surface area (Å²) in [5.41, 5.74) is 1.33. The van der Waals surface area contributed by atoms with Crippen LogP contribution in [0.25, 0.3) is 0 Å². The number of hydrogen-bond donors (Lipinski definition) is 1. The maximum Gasteiger partial charge on any atom is 0.0657 e. The Morgan fingerprint density at radius 1 is 1.21 bits per heavy atom. The van der Waals surface area contributed by atoms with Gasteiger partial charge in [0, 0.05) is 7.11 Å². The summed E-state index contributed by atoms with van der Waals surface area (Å²) < 4.78 is 5.36. The van der Waals surface area contributed by atoms with Gasteiger partial charge in [0.1, 0.15) is 0 Å². The van der Waals surface area contributed by atoms with Crippen LogP contribution in [-0.4, -0.2) is 20.3 Å². The number of rotatable bonds is 6. The van der Waals surface area contributed by atoms with Gasteiger partial charge in [0.15, 0.2) is 0 Å². The predicted octanol–water partition coefficient (Wildman–Crippen LogP) is 3.79. The van der Waals surface area contributed by atoms with E-state index in [4.69, 9.17) is 4.74 Å². The van der Waals surface area contributed by atoms with Crippen LogP contribution in [0.2, 0.25) is 0 Å². The Morgan fingerprint density at radius 2 is 1.95 bits per heavy atom. The molecule has 106 valence electrons. The molecule has 0 saturated heterocycles. The second-order valence-electron chi connectivity index (χ2n) is 5.85. The molecule has 0 amide bonds. The molecule has 0 radical (unpaired) electrons. The van der Waals surface area contributed by atoms with Crippen LogP contribution in [0.1, 0.15) is 44.2 Å². The zero-order valence-corrected chi connectivity index (χ0v) is 12.3. The van der Waals surface area contributed by atoms with E-state index >= 15 is 0 Å². The molecule has 1 aliphatic rings. The summed E-state index contributed by atoms with van der Waals surface area (Å²) in [4.78, 5) is 0. The van der Waals surface area contributed by atoms with Crippen LogP contribution in [0, 0.1) is 11.8 Å². The van der Waals surface area contributed by atoms with Gasteiger partial charge in [-0.05, 0) is 30.4 Å². The van der Waals surface area contributed by atoms with Crippen LogP contribution >= 0.6 is 0 Å². The molecular weight excluding hydrogens is 234 g/mol. The number of methoxy groups -OCH3 is 1. The van der Waals surface area contributed by atoms with E-state index < -0.39 is 0 Å². The van der Waals surface area contributed by atoms with Gasteiger partial charge in [-0.3, -0.25) is 0 Å². The van der Waals surface area contributed by atoms with Crippen molar-refractivity contribution in [2.24, 2.45) is 11.8 Å². The number of hydrogen-bond acceptors (Lipinski definition) is 2. The third-order valence-corrected chi connectivity index (χ3v) is 4.45. The fourth-order valence-corrected chi connectivity index (χ4v) is 3.11. The molecule has 1 aromatic rings. The van der Waals surface area contributed by atoms with Crippen molar-refractivity contribution in [3.05, 3.63) is 35.9 Å². The summed E-state index contributed by atoms with van der Waals surface area (Å²) in [6.07, 6.45) is 5.59. The van der Waals surface area contributed by atoms with Gasteiger partial charge in [-0.25, -0.2) is 0 Å². The lowest BCUT2D eigenvalue weighted by Crippen LogP contribution is -2.33. The van der Waals surface area contributed by atoms with E-state index in [1.54, 1.807) is 7.11 Å². The van der Waals surface area contributed by atoms with E-state index in [0.29, 0.717) is 6.04 Å². The van der Waals surface area contributed by atoms with Crippen molar-refractivity contribution in [3.63, 3.8) is 0 Å². The third-order valence-electron chi connectivity index (χ3n) is 4.45. The molecule has 0 aromatic heterocycles. The van der Waals surface area contributed by atoms with Gasteiger partial charge in [-0.15, -0.1) is 0 Å². The molecule has 0 aliphatic heterocycles. The van der Waals surface area contributed by atoms with Gasteiger partial charge < -0.3 is 10.1 Å². The van der Waals surface area contributed by atoms with E-state index in [0.717, 1.165) is 25.0 Å². The van der Waals surface area contributed by atoms with E-state index in [-0.39, 0.29) is 0 Å². The lowest BCUT2D eigenvalue weighted by Gasteiger charge is -2.30. The average molecular weight is 261 g/mol. The van der Waals surface area contributed by atoms with Crippen molar-refractivity contribution in [1.29, 1.82) is 0 Å². The molecule has 3 unspecified atom stereocenters. The summed E-state index contributed by atoms with van der Waals surface area (Å²) in [6, 6.07) is 10.9. The highest BCUT2D eigenvalue weighted by atomic mass is 16.5. The monoisotopic (exact) mass is 261 g/mol. The van der Waals surface area contributed by atoms with Gasteiger partial charge in [0.25, 0.3) is 0 Å². The first-order valence-electron chi connectivity index (χ1n) is 7.58. The minimum Gasteiger partial charge on any atom is -0.383 e. The first kappa shape index (κ1) is 14.5. The Morgan fingerprint density at radius 3 is 2.63 bits per heavy atom. The van der Waals surface area contributed by atoms with Crippen molar-refractivity contribution < 1.29 is 4.74 Å². The zero-order chi connectivity index (χ0) is 13.5. The van der Waals surface area contributed by atoms with Gasteiger partial charge >= 0.3 is 0 Å². The molecule has 1 N–H and O–H groups in total. The van der Waals surface area contributed by atoms with Gasteiger partial charge in [-0.1, -0.05) is 56.5 Å². The molecule has 1 aliphatic carbocycles. The van der Waals surface area contributed by atoms with Crippen molar-refractivity contribution in [2.45, 2.75) is 38.6 Å². The second-order valence-corrected chi connectivity index (χ2v) is 5.85. The smallest absolute Gasteiger partial charge is 0.0657 e. The van der Waals surface area contributed by atoms with E-state index in [1.807, 2.05) is 0 Å². The molecule has 0 heterocycles. The molecular formula is C17H27NO. The van der Waals surface area contributed by atoms with Crippen LogP contribution in [-0.2, 0) is 4.74 Å². The first-order chi connectivity index (χ1) is 9.31. The minimum absolute atomic E-state index is 0.320. The SMILES string of the molecule is COCC(NCC1CCCCC1C)c1ccccc1. The summed E-state index contributed by atoms with van der Waals surface area (Å²) in [6.45, 7) is 4.26. The third kappa shape index (κ3) is 4.32. The minimum atomic E-state index is 0.320. The van der Waals surface area contributed by atoms with E-state index in [9.17, 15) is 0 Å². The van der Waals surface area contributed by atoms with Crippen LogP contribution in [0.5, 0.6) is 0 Å². The molecule has 0 bridgehead atoms. The Bertz CT molecular complexity index is 352. The van der Waals surface area contributed by atoms with Gasteiger partial charge in [-0.2, -0.15) is 0 Å².